The molecule has 0 saturated heterocycles. The average molecular weight is 339 g/mol. The maximum atomic E-state index is 11.3. The zero-order valence-corrected chi connectivity index (χ0v) is 15.7. The third-order valence-electron chi connectivity index (χ3n) is 2.97. The molecule has 0 radical (unpaired) electrons. The number of pyridine rings is 1. The first kappa shape index (κ1) is 22.5. The molecule has 0 aliphatic carbocycles. The van der Waals surface area contributed by atoms with Crippen LogP contribution in [0.2, 0.25) is 0 Å². The Balaban J connectivity index is 0.00000254. The van der Waals surface area contributed by atoms with E-state index in [1.54, 1.807) is 6.20 Å². The molecule has 2 N–H and O–H groups in total. The van der Waals surface area contributed by atoms with Crippen LogP contribution in [0.15, 0.2) is 18.3 Å². The smallest absolute Gasteiger partial charge is 0.222 e. The zero-order chi connectivity index (χ0) is 18.2. The van der Waals surface area contributed by atoms with Crippen molar-refractivity contribution in [2.24, 2.45) is 5.92 Å². The predicted octanol–water partition coefficient (Wildman–Crippen LogP) is 2.13. The number of hydrogen-bond donors (Lipinski definition) is 2. The van der Waals surface area contributed by atoms with Crippen LogP contribution in [-0.4, -0.2) is 44.2 Å². The Morgan fingerprint density at radius 3 is 2.38 bits per heavy atom. The maximum Gasteiger partial charge on any atom is 0.222 e. The molecular weight excluding hydrogens is 306 g/mol. The third-order valence-corrected chi connectivity index (χ3v) is 2.97. The highest BCUT2D eigenvalue weighted by atomic mass is 16.5. The molecule has 6 nitrogen and oxygen atoms in total. The van der Waals surface area contributed by atoms with Gasteiger partial charge in [-0.3, -0.25) is 9.78 Å². The highest BCUT2D eigenvalue weighted by Crippen LogP contribution is 2.03. The van der Waals surface area contributed by atoms with Crippen LogP contribution in [0.3, 0.4) is 0 Å². The van der Waals surface area contributed by atoms with Crippen molar-refractivity contribution in [2.75, 3.05) is 33.4 Å². The number of nitrogens with one attached hydrogen (secondary N) is 2. The molecule has 1 aromatic heterocycles. The van der Waals surface area contributed by atoms with Gasteiger partial charge >= 0.3 is 0 Å². The molecule has 0 spiro atoms. The summed E-state index contributed by atoms with van der Waals surface area (Å²) in [6, 6.07) is 3.93. The van der Waals surface area contributed by atoms with Gasteiger partial charge in [-0.25, -0.2) is 0 Å². The van der Waals surface area contributed by atoms with Gasteiger partial charge < -0.3 is 20.1 Å². The molecule has 0 aliphatic rings. The Kier molecular flexibility index (Phi) is 14.1. The van der Waals surface area contributed by atoms with Crippen molar-refractivity contribution in [2.45, 2.75) is 40.9 Å². The maximum absolute atomic E-state index is 11.3. The van der Waals surface area contributed by atoms with Gasteiger partial charge in [-0.1, -0.05) is 33.8 Å². The number of carbonyl (C=O) groups is 1. The van der Waals surface area contributed by atoms with E-state index < -0.39 is 0 Å². The summed E-state index contributed by atoms with van der Waals surface area (Å²) >= 11 is 0. The van der Waals surface area contributed by atoms with Gasteiger partial charge in [-0.2, -0.15) is 0 Å². The number of carbonyl (C=O) groups excluding carboxylic acids is 1. The largest absolute Gasteiger partial charge is 0.375 e. The van der Waals surface area contributed by atoms with Crippen molar-refractivity contribution in [1.29, 1.82) is 0 Å². The first-order valence-electron chi connectivity index (χ1n) is 8.65. The summed E-state index contributed by atoms with van der Waals surface area (Å²) in [6.45, 7) is 11.3. The fourth-order valence-electron chi connectivity index (χ4n) is 1.62. The average Bonchev–Trinajstić information content (AvgIpc) is 2.61. The Labute approximate surface area is 146 Å². The summed E-state index contributed by atoms with van der Waals surface area (Å²) in [5, 5.41) is 5.83. The second-order valence-corrected chi connectivity index (χ2v) is 5.31. The van der Waals surface area contributed by atoms with Crippen LogP contribution in [0, 0.1) is 5.92 Å². The standard InChI is InChI=1S/C16H27N3O3.C2H6/c1-13(2)16(20)18-7-9-22-12-15-5-4-14(10-19-15)11-21-8-6-17-3;1-2/h4-5,10,13,17H,6-9,11-12H2,1-3H3,(H,18,20);1-2H3. The normalized spacial score (nSPS) is 10.2. The van der Waals surface area contributed by atoms with E-state index in [9.17, 15) is 4.79 Å². The summed E-state index contributed by atoms with van der Waals surface area (Å²) < 4.78 is 11.0. The molecule has 0 bridgehead atoms. The molecule has 24 heavy (non-hydrogen) atoms. The first-order valence-corrected chi connectivity index (χ1v) is 8.65. The Morgan fingerprint density at radius 2 is 1.79 bits per heavy atom. The number of nitrogens with zero attached hydrogens (tertiary/aromatic N) is 1. The topological polar surface area (TPSA) is 72.5 Å². The van der Waals surface area contributed by atoms with E-state index in [-0.39, 0.29) is 11.8 Å². The zero-order valence-electron chi connectivity index (χ0n) is 15.7. The van der Waals surface area contributed by atoms with E-state index in [0.29, 0.717) is 33.0 Å². The van der Waals surface area contributed by atoms with Crippen LogP contribution in [0.4, 0.5) is 0 Å². The van der Waals surface area contributed by atoms with Crippen LogP contribution in [0.25, 0.3) is 0 Å². The van der Waals surface area contributed by atoms with E-state index in [1.807, 2.05) is 46.9 Å². The van der Waals surface area contributed by atoms with E-state index in [1.165, 1.54) is 0 Å². The molecule has 1 rings (SSSR count). The molecule has 1 aromatic rings. The van der Waals surface area contributed by atoms with Crippen LogP contribution in [-0.2, 0) is 27.5 Å². The van der Waals surface area contributed by atoms with Crippen molar-refractivity contribution < 1.29 is 14.3 Å². The lowest BCUT2D eigenvalue weighted by Gasteiger charge is -2.08. The minimum atomic E-state index is 0.00420. The molecule has 0 atom stereocenters. The van der Waals surface area contributed by atoms with E-state index in [0.717, 1.165) is 17.8 Å². The molecule has 6 heteroatoms. The molecular formula is C18H33N3O3. The number of rotatable bonds is 11. The molecule has 0 fully saturated rings. The molecule has 0 saturated carbocycles. The fourth-order valence-corrected chi connectivity index (χ4v) is 1.62. The van der Waals surface area contributed by atoms with Gasteiger partial charge in [0.15, 0.2) is 0 Å². The Bertz CT molecular complexity index is 422. The second kappa shape index (κ2) is 15.1. The van der Waals surface area contributed by atoms with Gasteiger partial charge in [-0.05, 0) is 18.7 Å². The number of amides is 1. The van der Waals surface area contributed by atoms with Gasteiger partial charge in [0, 0.05) is 25.2 Å². The van der Waals surface area contributed by atoms with Gasteiger partial charge in [0.05, 0.1) is 32.1 Å². The number of aromatic nitrogens is 1. The highest BCUT2D eigenvalue weighted by Gasteiger charge is 2.04. The first-order chi connectivity index (χ1) is 11.6. The molecule has 1 amide bonds. The van der Waals surface area contributed by atoms with Crippen LogP contribution in [0.5, 0.6) is 0 Å². The molecule has 0 aromatic carbocycles. The summed E-state index contributed by atoms with van der Waals surface area (Å²) in [4.78, 5) is 15.7. The van der Waals surface area contributed by atoms with E-state index >= 15 is 0 Å². The lowest BCUT2D eigenvalue weighted by Crippen LogP contribution is -2.30. The fraction of sp³-hybridized carbons (Fsp3) is 0.667. The van der Waals surface area contributed by atoms with Crippen molar-refractivity contribution in [3.05, 3.63) is 29.6 Å². The van der Waals surface area contributed by atoms with E-state index in [4.69, 9.17) is 9.47 Å². The third kappa shape index (κ3) is 11.1. The van der Waals surface area contributed by atoms with Gasteiger partial charge in [-0.15, -0.1) is 0 Å². The minimum Gasteiger partial charge on any atom is -0.375 e. The monoisotopic (exact) mass is 339 g/mol. The lowest BCUT2D eigenvalue weighted by molar-refractivity contribution is -0.124. The lowest BCUT2D eigenvalue weighted by atomic mass is 10.2. The van der Waals surface area contributed by atoms with Crippen LogP contribution >= 0.6 is 0 Å². The van der Waals surface area contributed by atoms with Crippen LogP contribution in [0.1, 0.15) is 39.0 Å². The van der Waals surface area contributed by atoms with E-state index in [2.05, 4.69) is 15.6 Å². The molecule has 1 heterocycles. The Hall–Kier alpha value is -1.50. The number of likely N-dealkylation sites (N-methyl/N-ethyl adjacent to an activating group) is 1. The molecule has 0 unspecified atom stereocenters. The molecule has 138 valence electrons. The summed E-state index contributed by atoms with van der Waals surface area (Å²) in [7, 11) is 1.90. The Morgan fingerprint density at radius 1 is 1.12 bits per heavy atom. The van der Waals surface area contributed by atoms with Crippen molar-refractivity contribution in [3.8, 4) is 0 Å². The van der Waals surface area contributed by atoms with Crippen molar-refractivity contribution in [3.63, 3.8) is 0 Å². The van der Waals surface area contributed by atoms with Gasteiger partial charge in [0.1, 0.15) is 0 Å². The summed E-state index contributed by atoms with van der Waals surface area (Å²) in [6.07, 6.45) is 1.80. The summed E-state index contributed by atoms with van der Waals surface area (Å²) in [5.74, 6) is 0.0499. The predicted molar refractivity (Wildman–Crippen MR) is 96.7 cm³/mol. The van der Waals surface area contributed by atoms with Crippen molar-refractivity contribution >= 4 is 5.91 Å². The van der Waals surface area contributed by atoms with Gasteiger partial charge in [0.2, 0.25) is 5.91 Å². The summed E-state index contributed by atoms with van der Waals surface area (Å²) in [5.41, 5.74) is 1.92. The van der Waals surface area contributed by atoms with Gasteiger partial charge in [0.25, 0.3) is 0 Å². The highest BCUT2D eigenvalue weighted by molar-refractivity contribution is 5.77. The van der Waals surface area contributed by atoms with Crippen molar-refractivity contribution in [1.82, 2.24) is 15.6 Å². The number of ether oxygens (including phenoxy) is 2. The minimum absolute atomic E-state index is 0.00420. The van der Waals surface area contributed by atoms with Crippen LogP contribution < -0.4 is 10.6 Å². The molecule has 0 aliphatic heterocycles. The quantitative estimate of drug-likeness (QED) is 0.604. The second-order valence-electron chi connectivity index (χ2n) is 5.31. The SMILES string of the molecule is CC.CNCCOCc1ccc(COCCNC(=O)C(C)C)nc1. The number of hydrogen-bond acceptors (Lipinski definition) is 5.